The van der Waals surface area contributed by atoms with Gasteiger partial charge in [0.1, 0.15) is 11.6 Å². The summed E-state index contributed by atoms with van der Waals surface area (Å²) in [7, 11) is 0. The topological polar surface area (TPSA) is 66.9 Å². The highest BCUT2D eigenvalue weighted by Gasteiger charge is 2.08. The summed E-state index contributed by atoms with van der Waals surface area (Å²) in [6.45, 7) is 4.72. The number of rotatable bonds is 6. The number of benzene rings is 2. The molecule has 1 aromatic heterocycles. The molecule has 0 atom stereocenters. The third kappa shape index (κ3) is 5.10. The molecule has 0 aliphatic carbocycles. The lowest BCUT2D eigenvalue weighted by Crippen LogP contribution is -2.27. The van der Waals surface area contributed by atoms with E-state index in [1.54, 1.807) is 36.5 Å². The van der Waals surface area contributed by atoms with E-state index >= 15 is 0 Å². The summed E-state index contributed by atoms with van der Waals surface area (Å²) in [4.78, 5) is 20.9. The number of anilines is 2. The lowest BCUT2D eigenvalue weighted by molar-refractivity contribution is 0.0949. The number of hydrogen-bond donors (Lipinski definition) is 2. The lowest BCUT2D eigenvalue weighted by atomic mass is 10.1. The van der Waals surface area contributed by atoms with Crippen LogP contribution in [0.15, 0.2) is 60.8 Å². The van der Waals surface area contributed by atoms with Gasteiger partial charge >= 0.3 is 0 Å². The van der Waals surface area contributed by atoms with Crippen molar-refractivity contribution in [1.29, 1.82) is 0 Å². The molecule has 27 heavy (non-hydrogen) atoms. The van der Waals surface area contributed by atoms with E-state index in [1.165, 1.54) is 12.1 Å². The molecule has 3 aromatic rings. The van der Waals surface area contributed by atoms with E-state index in [1.807, 2.05) is 26.0 Å². The van der Waals surface area contributed by atoms with Gasteiger partial charge in [-0.2, -0.15) is 0 Å². The highest BCUT2D eigenvalue weighted by atomic mass is 19.1. The molecule has 0 saturated heterocycles. The SMILES string of the molecule is CC(C)CNC(=O)c1cccc(Nc2ccnc(-c3ccc(F)cc3)n2)c1. The van der Waals surface area contributed by atoms with Crippen LogP contribution in [0.4, 0.5) is 15.9 Å². The summed E-state index contributed by atoms with van der Waals surface area (Å²) in [5, 5.41) is 6.08. The third-order valence-corrected chi connectivity index (χ3v) is 3.83. The zero-order valence-electron chi connectivity index (χ0n) is 15.2. The van der Waals surface area contributed by atoms with Crippen LogP contribution >= 0.6 is 0 Å². The van der Waals surface area contributed by atoms with E-state index in [-0.39, 0.29) is 11.7 Å². The van der Waals surface area contributed by atoms with Crippen molar-refractivity contribution in [2.45, 2.75) is 13.8 Å². The van der Waals surface area contributed by atoms with Gasteiger partial charge in [0.25, 0.3) is 5.91 Å². The molecule has 0 spiro atoms. The van der Waals surface area contributed by atoms with Crippen LogP contribution in [0, 0.1) is 11.7 Å². The molecule has 0 unspecified atom stereocenters. The van der Waals surface area contributed by atoms with Gasteiger partial charge in [-0.1, -0.05) is 19.9 Å². The first-order valence-corrected chi connectivity index (χ1v) is 8.75. The molecule has 0 aliphatic heterocycles. The number of nitrogens with zero attached hydrogens (tertiary/aromatic N) is 2. The van der Waals surface area contributed by atoms with Crippen molar-refractivity contribution in [3.05, 3.63) is 72.2 Å². The quantitative estimate of drug-likeness (QED) is 0.680. The summed E-state index contributed by atoms with van der Waals surface area (Å²) in [5.74, 6) is 1.05. The van der Waals surface area contributed by atoms with Crippen molar-refractivity contribution >= 4 is 17.4 Å². The van der Waals surface area contributed by atoms with E-state index in [9.17, 15) is 9.18 Å². The highest BCUT2D eigenvalue weighted by molar-refractivity contribution is 5.95. The van der Waals surface area contributed by atoms with E-state index in [0.717, 1.165) is 11.3 Å². The van der Waals surface area contributed by atoms with E-state index in [0.29, 0.717) is 29.7 Å². The van der Waals surface area contributed by atoms with Crippen LogP contribution in [-0.2, 0) is 0 Å². The molecule has 0 radical (unpaired) electrons. The fourth-order valence-electron chi connectivity index (χ4n) is 2.45. The molecule has 1 heterocycles. The Kier molecular flexibility index (Phi) is 5.76. The van der Waals surface area contributed by atoms with E-state index < -0.39 is 0 Å². The third-order valence-electron chi connectivity index (χ3n) is 3.83. The monoisotopic (exact) mass is 364 g/mol. The average molecular weight is 364 g/mol. The Bertz CT molecular complexity index is 925. The normalized spacial score (nSPS) is 10.7. The van der Waals surface area contributed by atoms with Gasteiger partial charge in [0.15, 0.2) is 5.82 Å². The number of nitrogens with one attached hydrogen (secondary N) is 2. The van der Waals surface area contributed by atoms with Crippen LogP contribution in [0.2, 0.25) is 0 Å². The standard InChI is InChI=1S/C21H21FN4O/c1-14(2)13-24-21(27)16-4-3-5-18(12-16)25-19-10-11-23-20(26-19)15-6-8-17(22)9-7-15/h3-12,14H,13H2,1-2H3,(H,24,27)(H,23,25,26). The number of hydrogen-bond acceptors (Lipinski definition) is 4. The molecule has 0 aliphatic rings. The molecule has 2 aromatic carbocycles. The zero-order valence-corrected chi connectivity index (χ0v) is 15.2. The summed E-state index contributed by atoms with van der Waals surface area (Å²) < 4.78 is 13.1. The first-order chi connectivity index (χ1) is 13.0. The van der Waals surface area contributed by atoms with Crippen molar-refractivity contribution in [3.8, 4) is 11.4 Å². The van der Waals surface area contributed by atoms with Crippen LogP contribution in [0.25, 0.3) is 11.4 Å². The summed E-state index contributed by atoms with van der Waals surface area (Å²) >= 11 is 0. The van der Waals surface area contributed by atoms with Gasteiger partial charge in [-0.05, 0) is 54.4 Å². The van der Waals surface area contributed by atoms with Crippen LogP contribution in [-0.4, -0.2) is 22.4 Å². The van der Waals surface area contributed by atoms with E-state index in [2.05, 4.69) is 20.6 Å². The van der Waals surface area contributed by atoms with Gasteiger partial charge in [0, 0.05) is 29.6 Å². The van der Waals surface area contributed by atoms with Crippen molar-refractivity contribution in [1.82, 2.24) is 15.3 Å². The number of amides is 1. The maximum Gasteiger partial charge on any atom is 0.251 e. The minimum Gasteiger partial charge on any atom is -0.352 e. The second-order valence-corrected chi connectivity index (χ2v) is 6.58. The molecule has 1 amide bonds. The van der Waals surface area contributed by atoms with Crippen molar-refractivity contribution in [2.24, 2.45) is 5.92 Å². The predicted molar refractivity (Wildman–Crippen MR) is 104 cm³/mol. The Morgan fingerprint density at radius 3 is 2.63 bits per heavy atom. The zero-order chi connectivity index (χ0) is 19.2. The van der Waals surface area contributed by atoms with Crippen molar-refractivity contribution in [2.75, 3.05) is 11.9 Å². The Morgan fingerprint density at radius 1 is 1.11 bits per heavy atom. The van der Waals surface area contributed by atoms with Gasteiger partial charge in [0.05, 0.1) is 0 Å². The summed E-state index contributed by atoms with van der Waals surface area (Å²) in [6.07, 6.45) is 1.63. The first kappa shape index (κ1) is 18.5. The van der Waals surface area contributed by atoms with Crippen molar-refractivity contribution in [3.63, 3.8) is 0 Å². The maximum atomic E-state index is 13.1. The molecule has 0 bridgehead atoms. The number of carbonyl (C=O) groups excluding carboxylic acids is 1. The van der Waals surface area contributed by atoms with Gasteiger partial charge in [-0.3, -0.25) is 4.79 Å². The Balaban J connectivity index is 1.76. The molecule has 0 fully saturated rings. The Hall–Kier alpha value is -3.28. The molecule has 138 valence electrons. The van der Waals surface area contributed by atoms with Gasteiger partial charge in [-0.25, -0.2) is 14.4 Å². The number of aromatic nitrogens is 2. The largest absolute Gasteiger partial charge is 0.352 e. The Labute approximate surface area is 157 Å². The lowest BCUT2D eigenvalue weighted by Gasteiger charge is -2.10. The smallest absolute Gasteiger partial charge is 0.251 e. The maximum absolute atomic E-state index is 13.1. The number of carbonyl (C=O) groups is 1. The molecule has 5 nitrogen and oxygen atoms in total. The molecule has 6 heteroatoms. The minimum absolute atomic E-state index is 0.109. The Morgan fingerprint density at radius 2 is 1.89 bits per heavy atom. The van der Waals surface area contributed by atoms with Crippen LogP contribution in [0.1, 0.15) is 24.2 Å². The highest BCUT2D eigenvalue weighted by Crippen LogP contribution is 2.20. The fraction of sp³-hybridized carbons (Fsp3) is 0.190. The van der Waals surface area contributed by atoms with Crippen LogP contribution in [0.3, 0.4) is 0 Å². The fourth-order valence-corrected chi connectivity index (χ4v) is 2.45. The molecule has 3 rings (SSSR count). The molecule has 0 saturated carbocycles. The predicted octanol–water partition coefficient (Wildman–Crippen LogP) is 4.41. The number of halogens is 1. The molecular formula is C21H21FN4O. The average Bonchev–Trinajstić information content (AvgIpc) is 2.67. The van der Waals surface area contributed by atoms with Crippen LogP contribution in [0.5, 0.6) is 0 Å². The minimum atomic E-state index is -0.305. The molecule has 2 N–H and O–H groups in total. The van der Waals surface area contributed by atoms with Crippen LogP contribution < -0.4 is 10.6 Å². The summed E-state index contributed by atoms with van der Waals surface area (Å²) in [5.41, 5.74) is 2.05. The van der Waals surface area contributed by atoms with Gasteiger partial charge in [0.2, 0.25) is 0 Å². The van der Waals surface area contributed by atoms with Gasteiger partial charge < -0.3 is 10.6 Å². The first-order valence-electron chi connectivity index (χ1n) is 8.75. The van der Waals surface area contributed by atoms with E-state index in [4.69, 9.17) is 0 Å². The second kappa shape index (κ2) is 8.40. The van der Waals surface area contributed by atoms with Crippen molar-refractivity contribution < 1.29 is 9.18 Å². The second-order valence-electron chi connectivity index (χ2n) is 6.58. The van der Waals surface area contributed by atoms with Gasteiger partial charge in [-0.15, -0.1) is 0 Å². The summed E-state index contributed by atoms with van der Waals surface area (Å²) in [6, 6.07) is 15.0. The molecular weight excluding hydrogens is 343 g/mol.